The van der Waals surface area contributed by atoms with Crippen molar-refractivity contribution in [3.8, 4) is 0 Å². The maximum Gasteiger partial charge on any atom is 0.0579 e. The highest BCUT2D eigenvalue weighted by Gasteiger charge is 1.98. The molecule has 1 aromatic carbocycles. The molecule has 0 atom stereocenters. The Morgan fingerprint density at radius 2 is 2.31 bits per heavy atom. The molecule has 3 N–H and O–H groups in total. The predicted molar refractivity (Wildman–Crippen MR) is 58.9 cm³/mol. The highest BCUT2D eigenvalue weighted by molar-refractivity contribution is 5.69. The molecule has 0 unspecified atom stereocenters. The van der Waals surface area contributed by atoms with E-state index in [4.69, 9.17) is 5.73 Å². The van der Waals surface area contributed by atoms with E-state index in [0.717, 1.165) is 29.9 Å². The van der Waals surface area contributed by atoms with Gasteiger partial charge < -0.3 is 11.1 Å². The molecule has 0 aliphatic rings. The number of anilines is 2. The molecule has 0 aliphatic carbocycles. The highest BCUT2D eigenvalue weighted by atomic mass is 14.9. The summed E-state index contributed by atoms with van der Waals surface area (Å²) in [4.78, 5) is 0. The van der Waals surface area contributed by atoms with Crippen LogP contribution in [0.25, 0.3) is 0 Å². The molecule has 70 valence electrons. The van der Waals surface area contributed by atoms with Gasteiger partial charge in [-0.25, -0.2) is 0 Å². The number of benzene rings is 1. The summed E-state index contributed by atoms with van der Waals surface area (Å²) in [6.45, 7) is 6.55. The quantitative estimate of drug-likeness (QED) is 0.420. The lowest BCUT2D eigenvalue weighted by Gasteiger charge is -2.09. The first-order chi connectivity index (χ1) is 6.25. The zero-order chi connectivity index (χ0) is 9.68. The van der Waals surface area contributed by atoms with Crippen molar-refractivity contribution < 1.29 is 0 Å². The fourth-order valence-corrected chi connectivity index (χ4v) is 1.14. The summed E-state index contributed by atoms with van der Waals surface area (Å²) in [5.41, 5.74) is 8.85. The Bertz CT molecular complexity index is 292. The van der Waals surface area contributed by atoms with Gasteiger partial charge in [-0.05, 0) is 25.0 Å². The fraction of sp³-hybridized carbons (Fsp3) is 0.273. The molecule has 0 spiro atoms. The van der Waals surface area contributed by atoms with Crippen LogP contribution in [0.5, 0.6) is 0 Å². The lowest BCUT2D eigenvalue weighted by Crippen LogP contribution is -2.04. The van der Waals surface area contributed by atoms with E-state index in [1.165, 1.54) is 0 Å². The third-order valence-corrected chi connectivity index (χ3v) is 1.99. The first-order valence-electron chi connectivity index (χ1n) is 4.45. The summed E-state index contributed by atoms with van der Waals surface area (Å²) >= 11 is 0. The van der Waals surface area contributed by atoms with Gasteiger partial charge in [-0.15, -0.1) is 6.58 Å². The number of para-hydroxylation sites is 1. The van der Waals surface area contributed by atoms with Crippen LogP contribution in [0.2, 0.25) is 0 Å². The molecule has 2 nitrogen and oxygen atoms in total. The first kappa shape index (κ1) is 9.65. The van der Waals surface area contributed by atoms with Crippen LogP contribution in [0.1, 0.15) is 12.0 Å². The van der Waals surface area contributed by atoms with E-state index in [2.05, 4.69) is 11.9 Å². The lowest BCUT2D eigenvalue weighted by molar-refractivity contribution is 1.07. The van der Waals surface area contributed by atoms with Gasteiger partial charge in [-0.1, -0.05) is 18.2 Å². The van der Waals surface area contributed by atoms with Crippen molar-refractivity contribution in [3.63, 3.8) is 0 Å². The Hall–Kier alpha value is -1.44. The third kappa shape index (κ3) is 2.51. The number of rotatable bonds is 4. The standard InChI is InChI=1S/C11H16N2/c1-3-4-8-13-10-7-5-6-9(2)11(10)12/h3,5-7,13H,1,4,8,12H2,2H3. The van der Waals surface area contributed by atoms with Crippen LogP contribution in [-0.2, 0) is 0 Å². The summed E-state index contributed by atoms with van der Waals surface area (Å²) in [7, 11) is 0. The average Bonchev–Trinajstić information content (AvgIpc) is 2.13. The van der Waals surface area contributed by atoms with Crippen molar-refractivity contribution in [1.82, 2.24) is 0 Å². The van der Waals surface area contributed by atoms with Crippen molar-refractivity contribution in [2.24, 2.45) is 0 Å². The Morgan fingerprint density at radius 3 is 3.00 bits per heavy atom. The topological polar surface area (TPSA) is 38.0 Å². The van der Waals surface area contributed by atoms with Gasteiger partial charge in [0.2, 0.25) is 0 Å². The maximum atomic E-state index is 5.88. The molecule has 0 heterocycles. The molecule has 0 bridgehead atoms. The maximum absolute atomic E-state index is 5.88. The van der Waals surface area contributed by atoms with Crippen molar-refractivity contribution in [2.45, 2.75) is 13.3 Å². The largest absolute Gasteiger partial charge is 0.397 e. The zero-order valence-corrected chi connectivity index (χ0v) is 8.01. The average molecular weight is 176 g/mol. The van der Waals surface area contributed by atoms with Crippen LogP contribution in [0, 0.1) is 6.92 Å². The molecule has 0 fully saturated rings. The SMILES string of the molecule is C=CCCNc1cccc(C)c1N. The van der Waals surface area contributed by atoms with Gasteiger partial charge in [-0.3, -0.25) is 0 Å². The molecule has 1 rings (SSSR count). The van der Waals surface area contributed by atoms with Crippen LogP contribution >= 0.6 is 0 Å². The van der Waals surface area contributed by atoms with Gasteiger partial charge in [0.25, 0.3) is 0 Å². The van der Waals surface area contributed by atoms with E-state index in [0.29, 0.717) is 0 Å². The van der Waals surface area contributed by atoms with Gasteiger partial charge in [0, 0.05) is 6.54 Å². The van der Waals surface area contributed by atoms with Crippen LogP contribution < -0.4 is 11.1 Å². The summed E-state index contributed by atoms with van der Waals surface area (Å²) in [5.74, 6) is 0. The van der Waals surface area contributed by atoms with Crippen LogP contribution in [0.3, 0.4) is 0 Å². The normalized spacial score (nSPS) is 9.62. The van der Waals surface area contributed by atoms with E-state index in [-0.39, 0.29) is 0 Å². The number of hydrogen-bond acceptors (Lipinski definition) is 2. The van der Waals surface area contributed by atoms with Crippen LogP contribution in [-0.4, -0.2) is 6.54 Å². The third-order valence-electron chi connectivity index (χ3n) is 1.99. The number of nitrogen functional groups attached to an aromatic ring is 1. The number of aryl methyl sites for hydroxylation is 1. The summed E-state index contributed by atoms with van der Waals surface area (Å²) in [6.07, 6.45) is 2.84. The molecular weight excluding hydrogens is 160 g/mol. The van der Waals surface area contributed by atoms with Gasteiger partial charge in [0.1, 0.15) is 0 Å². The van der Waals surface area contributed by atoms with Gasteiger partial charge in [0.05, 0.1) is 11.4 Å². The molecule has 0 saturated heterocycles. The van der Waals surface area contributed by atoms with Crippen molar-refractivity contribution in [2.75, 3.05) is 17.6 Å². The van der Waals surface area contributed by atoms with Crippen molar-refractivity contribution in [1.29, 1.82) is 0 Å². The fourth-order valence-electron chi connectivity index (χ4n) is 1.14. The summed E-state index contributed by atoms with van der Waals surface area (Å²) < 4.78 is 0. The number of nitrogens with one attached hydrogen (secondary N) is 1. The van der Waals surface area contributed by atoms with Gasteiger partial charge in [0.15, 0.2) is 0 Å². The first-order valence-corrected chi connectivity index (χ1v) is 4.45. The Kier molecular flexibility index (Phi) is 3.38. The second-order valence-electron chi connectivity index (χ2n) is 3.04. The molecule has 13 heavy (non-hydrogen) atoms. The Labute approximate surface area is 79.5 Å². The van der Waals surface area contributed by atoms with Crippen molar-refractivity contribution in [3.05, 3.63) is 36.4 Å². The summed E-state index contributed by atoms with van der Waals surface area (Å²) in [6, 6.07) is 6.00. The predicted octanol–water partition coefficient (Wildman–Crippen LogP) is 2.57. The minimum absolute atomic E-state index is 0.839. The minimum Gasteiger partial charge on any atom is -0.397 e. The number of hydrogen-bond donors (Lipinski definition) is 2. The minimum atomic E-state index is 0.839. The second kappa shape index (κ2) is 4.55. The van der Waals surface area contributed by atoms with Crippen LogP contribution in [0.15, 0.2) is 30.9 Å². The monoisotopic (exact) mass is 176 g/mol. The van der Waals surface area contributed by atoms with E-state index in [1.54, 1.807) is 0 Å². The molecule has 0 aliphatic heterocycles. The van der Waals surface area contributed by atoms with E-state index < -0.39 is 0 Å². The number of nitrogens with two attached hydrogens (primary N) is 1. The Morgan fingerprint density at radius 1 is 1.54 bits per heavy atom. The molecule has 0 aromatic heterocycles. The van der Waals surface area contributed by atoms with E-state index in [9.17, 15) is 0 Å². The highest BCUT2D eigenvalue weighted by Crippen LogP contribution is 2.21. The Balaban J connectivity index is 2.65. The smallest absolute Gasteiger partial charge is 0.0579 e. The second-order valence-corrected chi connectivity index (χ2v) is 3.04. The molecule has 0 amide bonds. The lowest BCUT2D eigenvalue weighted by atomic mass is 10.1. The molecular formula is C11H16N2. The van der Waals surface area contributed by atoms with E-state index >= 15 is 0 Å². The summed E-state index contributed by atoms with van der Waals surface area (Å²) in [5, 5.41) is 3.26. The van der Waals surface area contributed by atoms with Crippen LogP contribution in [0.4, 0.5) is 11.4 Å². The molecule has 0 radical (unpaired) electrons. The van der Waals surface area contributed by atoms with Gasteiger partial charge >= 0.3 is 0 Å². The molecule has 1 aromatic rings. The molecule has 2 heteroatoms. The van der Waals surface area contributed by atoms with Gasteiger partial charge in [-0.2, -0.15) is 0 Å². The zero-order valence-electron chi connectivity index (χ0n) is 8.01. The molecule has 0 saturated carbocycles. The van der Waals surface area contributed by atoms with E-state index in [1.807, 2.05) is 31.2 Å². The van der Waals surface area contributed by atoms with Crippen molar-refractivity contribution >= 4 is 11.4 Å².